The van der Waals surface area contributed by atoms with Crippen LogP contribution in [0, 0.1) is 5.92 Å². The fourth-order valence-electron chi connectivity index (χ4n) is 2.56. The van der Waals surface area contributed by atoms with Crippen molar-refractivity contribution in [3.05, 3.63) is 12.2 Å². The maximum Gasteiger partial charge on any atom is 0.408 e. The third kappa shape index (κ3) is 6.12. The molecule has 0 aliphatic heterocycles. The molecule has 1 saturated carbocycles. The van der Waals surface area contributed by atoms with Crippen molar-refractivity contribution < 1.29 is 23.1 Å². The molecule has 0 saturated heterocycles. The highest BCUT2D eigenvalue weighted by Crippen LogP contribution is 2.40. The summed E-state index contributed by atoms with van der Waals surface area (Å²) in [7, 11) is 0. The van der Waals surface area contributed by atoms with Crippen molar-refractivity contribution in [3.63, 3.8) is 0 Å². The van der Waals surface area contributed by atoms with E-state index in [-0.39, 0.29) is 36.5 Å². The Morgan fingerprint density at radius 3 is 2.41 bits per heavy atom. The van der Waals surface area contributed by atoms with Gasteiger partial charge in [0.1, 0.15) is 5.60 Å². The van der Waals surface area contributed by atoms with Crippen molar-refractivity contribution in [2.24, 2.45) is 5.92 Å². The van der Waals surface area contributed by atoms with Crippen LogP contribution in [0.1, 0.15) is 53.4 Å². The van der Waals surface area contributed by atoms with E-state index in [1.54, 1.807) is 20.8 Å². The first-order valence-corrected chi connectivity index (χ1v) is 7.47. The zero-order chi connectivity index (χ0) is 17.1. The number of hydrogen-bond donors (Lipinski definition) is 1. The quantitative estimate of drug-likeness (QED) is 0.784. The van der Waals surface area contributed by atoms with Crippen LogP contribution in [0.15, 0.2) is 12.2 Å². The first-order chi connectivity index (χ1) is 9.89. The van der Waals surface area contributed by atoms with Gasteiger partial charge >= 0.3 is 6.09 Å². The standard InChI is InChI=1S/C16H25F2NO3/c1-10(2)13(20)12(19-14(21)22-15(3,4)5)8-11-6-7-16(17,18)9-11/h11-12H,1,6-9H2,2-5H3,(H,19,21)/t11?,12-/m1/s1. The van der Waals surface area contributed by atoms with Gasteiger partial charge in [0.2, 0.25) is 5.92 Å². The molecule has 0 spiro atoms. The predicted molar refractivity (Wildman–Crippen MR) is 79.9 cm³/mol. The largest absolute Gasteiger partial charge is 0.444 e. The highest BCUT2D eigenvalue weighted by Gasteiger charge is 2.41. The van der Waals surface area contributed by atoms with Gasteiger partial charge < -0.3 is 10.1 Å². The Balaban J connectivity index is 2.71. The smallest absolute Gasteiger partial charge is 0.408 e. The molecule has 1 fully saturated rings. The Morgan fingerprint density at radius 2 is 2.00 bits per heavy atom. The fraction of sp³-hybridized carbons (Fsp3) is 0.750. The molecule has 1 N–H and O–H groups in total. The molecule has 0 bridgehead atoms. The Kier molecular flexibility index (Phi) is 5.70. The molecule has 1 amide bonds. The molecular weight excluding hydrogens is 292 g/mol. The number of Topliss-reactive ketones (excluding diaryl/α,β-unsaturated/α-hetero) is 1. The number of ether oxygens (including phenoxy) is 1. The van der Waals surface area contributed by atoms with Gasteiger partial charge in [0.05, 0.1) is 6.04 Å². The van der Waals surface area contributed by atoms with E-state index < -0.39 is 23.7 Å². The van der Waals surface area contributed by atoms with E-state index >= 15 is 0 Å². The molecule has 0 heterocycles. The van der Waals surface area contributed by atoms with E-state index in [1.165, 1.54) is 6.92 Å². The average molecular weight is 317 g/mol. The van der Waals surface area contributed by atoms with Crippen LogP contribution in [0.3, 0.4) is 0 Å². The van der Waals surface area contributed by atoms with Crippen molar-refractivity contribution in [3.8, 4) is 0 Å². The third-order valence-corrected chi connectivity index (χ3v) is 3.50. The number of rotatable bonds is 5. The zero-order valence-electron chi connectivity index (χ0n) is 13.7. The van der Waals surface area contributed by atoms with Gasteiger partial charge in [-0.3, -0.25) is 4.79 Å². The molecule has 6 heteroatoms. The summed E-state index contributed by atoms with van der Waals surface area (Å²) in [6.45, 7) is 10.2. The number of alkyl carbamates (subject to hydrolysis) is 1. The highest BCUT2D eigenvalue weighted by atomic mass is 19.3. The zero-order valence-corrected chi connectivity index (χ0v) is 13.7. The Bertz CT molecular complexity index is 455. The van der Waals surface area contributed by atoms with Gasteiger partial charge in [-0.25, -0.2) is 13.6 Å². The van der Waals surface area contributed by atoms with Crippen molar-refractivity contribution in [2.45, 2.75) is 70.9 Å². The number of carbonyl (C=O) groups is 2. The van der Waals surface area contributed by atoms with Crippen LogP contribution in [0.5, 0.6) is 0 Å². The second-order valence-electron chi connectivity index (χ2n) is 7.04. The number of alkyl halides is 2. The second-order valence-corrected chi connectivity index (χ2v) is 7.04. The van der Waals surface area contributed by atoms with Crippen LogP contribution < -0.4 is 5.32 Å². The summed E-state index contributed by atoms with van der Waals surface area (Å²) in [5, 5.41) is 2.49. The molecule has 0 aromatic heterocycles. The minimum atomic E-state index is -2.67. The molecule has 2 atom stereocenters. The van der Waals surface area contributed by atoms with Crippen molar-refractivity contribution >= 4 is 11.9 Å². The topological polar surface area (TPSA) is 55.4 Å². The lowest BCUT2D eigenvalue weighted by Crippen LogP contribution is -2.44. The van der Waals surface area contributed by atoms with Gasteiger partial charge in [-0.2, -0.15) is 0 Å². The first kappa shape index (κ1) is 18.6. The first-order valence-electron chi connectivity index (χ1n) is 7.47. The monoisotopic (exact) mass is 317 g/mol. The summed E-state index contributed by atoms with van der Waals surface area (Å²) in [6, 6.07) is -0.869. The van der Waals surface area contributed by atoms with Crippen LogP contribution in [0.4, 0.5) is 13.6 Å². The van der Waals surface area contributed by atoms with Crippen LogP contribution >= 0.6 is 0 Å². The predicted octanol–water partition coefficient (Wildman–Crippen LogP) is 3.85. The molecule has 1 unspecified atom stereocenters. The van der Waals surface area contributed by atoms with E-state index in [0.717, 1.165) is 0 Å². The summed E-state index contributed by atoms with van der Waals surface area (Å²) >= 11 is 0. The van der Waals surface area contributed by atoms with Gasteiger partial charge in [0.25, 0.3) is 0 Å². The lowest BCUT2D eigenvalue weighted by atomic mass is 9.93. The van der Waals surface area contributed by atoms with Crippen molar-refractivity contribution in [2.75, 3.05) is 0 Å². The summed E-state index contributed by atoms with van der Waals surface area (Å²) in [5.74, 6) is -3.31. The van der Waals surface area contributed by atoms with E-state index in [2.05, 4.69) is 11.9 Å². The van der Waals surface area contributed by atoms with Crippen LogP contribution in [0.25, 0.3) is 0 Å². The van der Waals surface area contributed by atoms with Crippen molar-refractivity contribution in [1.82, 2.24) is 5.32 Å². The number of amides is 1. The SMILES string of the molecule is C=C(C)C(=O)[C@@H](CC1CCC(F)(F)C1)NC(=O)OC(C)(C)C. The summed E-state index contributed by atoms with van der Waals surface area (Å²) in [5.41, 5.74) is -0.410. The Morgan fingerprint density at radius 1 is 1.41 bits per heavy atom. The second kappa shape index (κ2) is 6.75. The lowest BCUT2D eigenvalue weighted by Gasteiger charge is -2.24. The number of halogens is 2. The summed E-state index contributed by atoms with van der Waals surface area (Å²) in [6.07, 6.45) is -0.610. The van der Waals surface area contributed by atoms with E-state index in [1.807, 2.05) is 0 Å². The fourth-order valence-corrected chi connectivity index (χ4v) is 2.56. The highest BCUT2D eigenvalue weighted by molar-refractivity contribution is 5.99. The summed E-state index contributed by atoms with van der Waals surface area (Å²) < 4.78 is 31.7. The molecule has 0 aromatic carbocycles. The van der Waals surface area contributed by atoms with Gasteiger partial charge in [0, 0.05) is 12.8 Å². The van der Waals surface area contributed by atoms with Gasteiger partial charge in [-0.15, -0.1) is 0 Å². The van der Waals surface area contributed by atoms with Crippen LogP contribution in [0.2, 0.25) is 0 Å². The number of nitrogens with one attached hydrogen (secondary N) is 1. The van der Waals surface area contributed by atoms with Gasteiger partial charge in [0.15, 0.2) is 5.78 Å². The molecule has 4 nitrogen and oxygen atoms in total. The Hall–Kier alpha value is -1.46. The average Bonchev–Trinajstić information content (AvgIpc) is 2.64. The molecule has 0 aromatic rings. The minimum absolute atomic E-state index is 0.169. The Labute approximate surface area is 130 Å². The number of hydrogen-bond acceptors (Lipinski definition) is 3. The molecule has 1 rings (SSSR count). The normalized spacial score (nSPS) is 22.0. The molecular formula is C16H25F2NO3. The van der Waals surface area contributed by atoms with Crippen molar-refractivity contribution in [1.29, 1.82) is 0 Å². The van der Waals surface area contributed by atoms with E-state index in [0.29, 0.717) is 6.42 Å². The molecule has 0 radical (unpaired) electrons. The number of carbonyl (C=O) groups excluding carboxylic acids is 2. The maximum absolute atomic E-state index is 13.3. The van der Waals surface area contributed by atoms with Crippen LogP contribution in [-0.2, 0) is 9.53 Å². The molecule has 1 aliphatic rings. The van der Waals surface area contributed by atoms with E-state index in [4.69, 9.17) is 4.74 Å². The van der Waals surface area contributed by atoms with E-state index in [9.17, 15) is 18.4 Å². The third-order valence-electron chi connectivity index (χ3n) is 3.50. The van der Waals surface area contributed by atoms with Crippen LogP contribution in [-0.4, -0.2) is 29.4 Å². The number of ketones is 1. The van der Waals surface area contributed by atoms with Gasteiger partial charge in [-0.1, -0.05) is 6.58 Å². The molecule has 22 heavy (non-hydrogen) atoms. The van der Waals surface area contributed by atoms with Gasteiger partial charge in [-0.05, 0) is 52.0 Å². The molecule has 126 valence electrons. The molecule has 1 aliphatic carbocycles. The minimum Gasteiger partial charge on any atom is -0.444 e. The maximum atomic E-state index is 13.3. The summed E-state index contributed by atoms with van der Waals surface area (Å²) in [4.78, 5) is 24.0. The lowest BCUT2D eigenvalue weighted by molar-refractivity contribution is -0.118.